The van der Waals surface area contributed by atoms with Gasteiger partial charge < -0.3 is 10.4 Å². The number of amides is 1. The van der Waals surface area contributed by atoms with E-state index in [4.69, 9.17) is 5.11 Å². The fraction of sp³-hybridized carbons (Fsp3) is 0.500. The number of carbonyl (C=O) groups is 2. The first-order valence-electron chi connectivity index (χ1n) is 7.23. The molecule has 126 valence electrons. The first-order chi connectivity index (χ1) is 10.5. The van der Waals surface area contributed by atoms with Crippen LogP contribution in [0.25, 0.3) is 0 Å². The summed E-state index contributed by atoms with van der Waals surface area (Å²) in [5.41, 5.74) is -1.68. The summed E-state index contributed by atoms with van der Waals surface area (Å²) in [5, 5.41) is 11.5. The van der Waals surface area contributed by atoms with Crippen LogP contribution >= 0.6 is 0 Å². The van der Waals surface area contributed by atoms with E-state index in [2.05, 4.69) is 5.32 Å². The SMILES string of the molecule is CC(C)(C(=O)NC1CC(C(=O)O)C1)c1cccc(C(F)(F)F)c1. The van der Waals surface area contributed by atoms with Crippen LogP contribution in [0.2, 0.25) is 0 Å². The maximum absolute atomic E-state index is 12.8. The summed E-state index contributed by atoms with van der Waals surface area (Å²) >= 11 is 0. The molecule has 4 nitrogen and oxygen atoms in total. The van der Waals surface area contributed by atoms with Crippen molar-refractivity contribution in [3.8, 4) is 0 Å². The Morgan fingerprint density at radius 2 is 1.74 bits per heavy atom. The zero-order chi connectivity index (χ0) is 17.4. The van der Waals surface area contributed by atoms with Gasteiger partial charge in [-0.25, -0.2) is 0 Å². The summed E-state index contributed by atoms with van der Waals surface area (Å²) in [6, 6.07) is 4.45. The number of aliphatic carboxylic acids is 1. The molecule has 0 atom stereocenters. The number of carboxylic acids is 1. The van der Waals surface area contributed by atoms with Crippen molar-refractivity contribution in [2.45, 2.75) is 44.3 Å². The Morgan fingerprint density at radius 1 is 1.17 bits per heavy atom. The first-order valence-corrected chi connectivity index (χ1v) is 7.23. The van der Waals surface area contributed by atoms with E-state index in [1.165, 1.54) is 12.1 Å². The number of rotatable bonds is 4. The third-order valence-corrected chi connectivity index (χ3v) is 4.30. The first kappa shape index (κ1) is 17.3. The van der Waals surface area contributed by atoms with Crippen LogP contribution < -0.4 is 5.32 Å². The zero-order valence-electron chi connectivity index (χ0n) is 12.8. The van der Waals surface area contributed by atoms with Gasteiger partial charge in [-0.2, -0.15) is 13.2 Å². The van der Waals surface area contributed by atoms with Gasteiger partial charge in [0.25, 0.3) is 0 Å². The summed E-state index contributed by atoms with van der Waals surface area (Å²) in [4.78, 5) is 23.1. The van der Waals surface area contributed by atoms with Crippen LogP contribution in [0.5, 0.6) is 0 Å². The molecule has 0 unspecified atom stereocenters. The molecule has 1 saturated carbocycles. The molecule has 1 aromatic carbocycles. The van der Waals surface area contributed by atoms with Crippen LogP contribution in [-0.2, 0) is 21.2 Å². The Hall–Kier alpha value is -2.05. The van der Waals surface area contributed by atoms with E-state index in [9.17, 15) is 22.8 Å². The number of alkyl halides is 3. The topological polar surface area (TPSA) is 66.4 Å². The molecule has 2 N–H and O–H groups in total. The minimum Gasteiger partial charge on any atom is -0.481 e. The van der Waals surface area contributed by atoms with Gasteiger partial charge in [-0.1, -0.05) is 18.2 Å². The van der Waals surface area contributed by atoms with E-state index in [1.807, 2.05) is 0 Å². The van der Waals surface area contributed by atoms with E-state index in [0.717, 1.165) is 12.1 Å². The molecule has 1 aliphatic carbocycles. The zero-order valence-corrected chi connectivity index (χ0v) is 12.8. The van der Waals surface area contributed by atoms with Crippen LogP contribution in [0.4, 0.5) is 13.2 Å². The molecular formula is C16H18F3NO3. The van der Waals surface area contributed by atoms with Gasteiger partial charge in [0, 0.05) is 6.04 Å². The quantitative estimate of drug-likeness (QED) is 0.892. The number of halogens is 3. The molecule has 1 fully saturated rings. The second kappa shape index (κ2) is 5.86. The van der Waals surface area contributed by atoms with Crippen molar-refractivity contribution < 1.29 is 27.9 Å². The molecule has 23 heavy (non-hydrogen) atoms. The van der Waals surface area contributed by atoms with Gasteiger partial charge in [-0.3, -0.25) is 9.59 Å². The van der Waals surface area contributed by atoms with E-state index in [1.54, 1.807) is 13.8 Å². The lowest BCUT2D eigenvalue weighted by molar-refractivity contribution is -0.146. The van der Waals surface area contributed by atoms with Crippen LogP contribution in [0.1, 0.15) is 37.8 Å². The molecule has 2 rings (SSSR count). The minimum absolute atomic E-state index is 0.242. The molecule has 0 aromatic heterocycles. The van der Waals surface area contributed by atoms with Gasteiger partial charge in [0.2, 0.25) is 5.91 Å². The highest BCUT2D eigenvalue weighted by Crippen LogP contribution is 2.34. The highest BCUT2D eigenvalue weighted by molar-refractivity contribution is 5.88. The predicted octanol–water partition coefficient (Wildman–Crippen LogP) is 2.96. The lowest BCUT2D eigenvalue weighted by Crippen LogP contribution is -2.51. The van der Waals surface area contributed by atoms with E-state index in [-0.39, 0.29) is 11.6 Å². The molecule has 1 amide bonds. The molecule has 0 spiro atoms. The van der Waals surface area contributed by atoms with Gasteiger partial charge in [0.1, 0.15) is 0 Å². The lowest BCUT2D eigenvalue weighted by atomic mass is 9.78. The van der Waals surface area contributed by atoms with Crippen molar-refractivity contribution in [2.75, 3.05) is 0 Å². The molecule has 1 aromatic rings. The molecular weight excluding hydrogens is 311 g/mol. The van der Waals surface area contributed by atoms with E-state index < -0.39 is 34.9 Å². The fourth-order valence-electron chi connectivity index (χ4n) is 2.52. The summed E-state index contributed by atoms with van der Waals surface area (Å²) in [6.07, 6.45) is -3.77. The van der Waals surface area contributed by atoms with Crippen LogP contribution in [0.3, 0.4) is 0 Å². The van der Waals surface area contributed by atoms with Crippen molar-refractivity contribution in [1.29, 1.82) is 0 Å². The smallest absolute Gasteiger partial charge is 0.416 e. The van der Waals surface area contributed by atoms with Gasteiger partial charge in [0.15, 0.2) is 0 Å². The summed E-state index contributed by atoms with van der Waals surface area (Å²) in [5.74, 6) is -1.77. The normalized spacial score (nSPS) is 21.4. The standard InChI is InChI=1S/C16H18F3NO3/c1-15(2,10-4-3-5-11(8-10)16(17,18)19)14(23)20-12-6-9(7-12)13(21)22/h3-5,8-9,12H,6-7H2,1-2H3,(H,20,23)(H,21,22). The number of carbonyl (C=O) groups excluding carboxylic acids is 1. The van der Waals surface area contributed by atoms with Crippen LogP contribution in [-0.4, -0.2) is 23.0 Å². The second-order valence-electron chi connectivity index (χ2n) is 6.38. The average molecular weight is 329 g/mol. The number of hydrogen-bond acceptors (Lipinski definition) is 2. The summed E-state index contributed by atoms with van der Waals surface area (Å²) in [7, 11) is 0. The third kappa shape index (κ3) is 3.65. The Labute approximate surface area is 131 Å². The number of benzene rings is 1. The number of carboxylic acid groups (broad SMARTS) is 1. The van der Waals surface area contributed by atoms with Gasteiger partial charge >= 0.3 is 12.1 Å². The molecule has 0 saturated heterocycles. The largest absolute Gasteiger partial charge is 0.481 e. The maximum Gasteiger partial charge on any atom is 0.416 e. The summed E-state index contributed by atoms with van der Waals surface area (Å²) in [6.45, 7) is 3.09. The minimum atomic E-state index is -4.47. The van der Waals surface area contributed by atoms with Crippen molar-refractivity contribution in [3.05, 3.63) is 35.4 Å². The van der Waals surface area contributed by atoms with Crippen molar-refractivity contribution in [1.82, 2.24) is 5.32 Å². The summed E-state index contributed by atoms with van der Waals surface area (Å²) < 4.78 is 38.4. The molecule has 0 heterocycles. The second-order valence-corrected chi connectivity index (χ2v) is 6.38. The van der Waals surface area contributed by atoms with Gasteiger partial charge in [0.05, 0.1) is 16.9 Å². The number of nitrogens with one attached hydrogen (secondary N) is 1. The van der Waals surface area contributed by atoms with Crippen molar-refractivity contribution >= 4 is 11.9 Å². The predicted molar refractivity (Wildman–Crippen MR) is 76.8 cm³/mol. The van der Waals surface area contributed by atoms with Crippen molar-refractivity contribution in [3.63, 3.8) is 0 Å². The Balaban J connectivity index is 2.09. The molecule has 0 bridgehead atoms. The molecule has 0 aliphatic heterocycles. The lowest BCUT2D eigenvalue weighted by Gasteiger charge is -2.35. The van der Waals surface area contributed by atoms with Gasteiger partial charge in [-0.05, 0) is 38.3 Å². The van der Waals surface area contributed by atoms with E-state index in [0.29, 0.717) is 12.8 Å². The molecule has 0 radical (unpaired) electrons. The monoisotopic (exact) mass is 329 g/mol. The van der Waals surface area contributed by atoms with Crippen LogP contribution in [0.15, 0.2) is 24.3 Å². The third-order valence-electron chi connectivity index (χ3n) is 4.30. The molecule has 7 heteroatoms. The Morgan fingerprint density at radius 3 is 2.26 bits per heavy atom. The fourth-order valence-corrected chi connectivity index (χ4v) is 2.52. The van der Waals surface area contributed by atoms with Gasteiger partial charge in [-0.15, -0.1) is 0 Å². The molecule has 1 aliphatic rings. The Bertz CT molecular complexity index is 619. The maximum atomic E-state index is 12.8. The van der Waals surface area contributed by atoms with Crippen LogP contribution in [0, 0.1) is 5.92 Å². The van der Waals surface area contributed by atoms with E-state index >= 15 is 0 Å². The van der Waals surface area contributed by atoms with Crippen molar-refractivity contribution in [2.24, 2.45) is 5.92 Å². The Kier molecular flexibility index (Phi) is 4.41. The highest BCUT2D eigenvalue weighted by atomic mass is 19.4. The average Bonchev–Trinajstić information content (AvgIpc) is 2.40. The number of hydrogen-bond donors (Lipinski definition) is 2. The highest BCUT2D eigenvalue weighted by Gasteiger charge is 2.39.